The second kappa shape index (κ2) is 7.31. The van der Waals surface area contributed by atoms with E-state index in [0.29, 0.717) is 24.8 Å². The Morgan fingerprint density at radius 1 is 1.26 bits per heavy atom. The van der Waals surface area contributed by atoms with E-state index in [1.54, 1.807) is 24.0 Å². The van der Waals surface area contributed by atoms with Crippen molar-refractivity contribution in [1.29, 1.82) is 0 Å². The van der Waals surface area contributed by atoms with Crippen molar-refractivity contribution < 1.29 is 17.9 Å². The van der Waals surface area contributed by atoms with Gasteiger partial charge in [-0.25, -0.2) is 8.42 Å². The van der Waals surface area contributed by atoms with Crippen molar-refractivity contribution in [3.63, 3.8) is 0 Å². The number of nitrogens with zero attached hydrogens (tertiary/aromatic N) is 1. The summed E-state index contributed by atoms with van der Waals surface area (Å²) >= 11 is 0. The van der Waals surface area contributed by atoms with E-state index in [0.717, 1.165) is 12.8 Å². The molecule has 1 aromatic rings. The minimum atomic E-state index is -3.73. The Labute approximate surface area is 137 Å². The molecule has 1 N–H and O–H groups in total. The van der Waals surface area contributed by atoms with Crippen LogP contribution in [-0.4, -0.2) is 45.5 Å². The molecule has 1 aliphatic rings. The molecule has 23 heavy (non-hydrogen) atoms. The number of hydrogen-bond acceptors (Lipinski definition) is 4. The van der Waals surface area contributed by atoms with Gasteiger partial charge in [0.05, 0.1) is 18.0 Å². The predicted molar refractivity (Wildman–Crippen MR) is 87.8 cm³/mol. The van der Waals surface area contributed by atoms with Crippen LogP contribution >= 0.6 is 0 Å². The monoisotopic (exact) mass is 340 g/mol. The van der Waals surface area contributed by atoms with Crippen LogP contribution < -0.4 is 9.46 Å². The molecule has 1 fully saturated rings. The average Bonchev–Trinajstić information content (AvgIpc) is 2.54. The van der Waals surface area contributed by atoms with Crippen LogP contribution in [0.3, 0.4) is 0 Å². The van der Waals surface area contributed by atoms with Gasteiger partial charge >= 0.3 is 0 Å². The van der Waals surface area contributed by atoms with Gasteiger partial charge in [0.1, 0.15) is 5.75 Å². The smallest absolute Gasteiger partial charge is 0.241 e. The van der Waals surface area contributed by atoms with E-state index < -0.39 is 16.1 Å². The maximum atomic E-state index is 12.4. The van der Waals surface area contributed by atoms with Gasteiger partial charge in [-0.15, -0.1) is 0 Å². The van der Waals surface area contributed by atoms with Crippen molar-refractivity contribution in [2.45, 2.75) is 37.6 Å². The Balaban J connectivity index is 2.02. The fraction of sp³-hybridized carbons (Fsp3) is 0.562. The van der Waals surface area contributed by atoms with E-state index in [9.17, 15) is 13.2 Å². The van der Waals surface area contributed by atoms with Gasteiger partial charge < -0.3 is 9.64 Å². The fourth-order valence-corrected chi connectivity index (χ4v) is 3.81. The van der Waals surface area contributed by atoms with Gasteiger partial charge in [-0.2, -0.15) is 4.72 Å². The number of carbonyl (C=O) groups excluding carboxylic acids is 1. The van der Waals surface area contributed by atoms with Crippen molar-refractivity contribution in [1.82, 2.24) is 9.62 Å². The van der Waals surface area contributed by atoms with Gasteiger partial charge in [0, 0.05) is 13.1 Å². The van der Waals surface area contributed by atoms with Crippen molar-refractivity contribution in [2.75, 3.05) is 20.2 Å². The van der Waals surface area contributed by atoms with Crippen molar-refractivity contribution in [3.8, 4) is 5.75 Å². The third-order valence-electron chi connectivity index (χ3n) is 4.17. The molecule has 6 nitrogen and oxygen atoms in total. The molecule has 1 aromatic carbocycles. The molecule has 1 heterocycles. The van der Waals surface area contributed by atoms with Crippen LogP contribution in [0.15, 0.2) is 29.2 Å². The van der Waals surface area contributed by atoms with Crippen LogP contribution in [0.2, 0.25) is 0 Å². The van der Waals surface area contributed by atoms with Gasteiger partial charge in [-0.3, -0.25) is 4.79 Å². The molecule has 1 atom stereocenters. The Kier molecular flexibility index (Phi) is 5.64. The zero-order valence-electron chi connectivity index (χ0n) is 13.8. The lowest BCUT2D eigenvalue weighted by molar-refractivity contribution is -0.133. The molecule has 2 rings (SSSR count). The number of methoxy groups -OCH3 is 1. The van der Waals surface area contributed by atoms with Crippen LogP contribution in [0.5, 0.6) is 5.75 Å². The molecular formula is C16H24N2O4S. The first-order chi connectivity index (χ1) is 10.8. The Morgan fingerprint density at radius 2 is 1.83 bits per heavy atom. The predicted octanol–water partition coefficient (Wildman–Crippen LogP) is 1.62. The van der Waals surface area contributed by atoms with Crippen LogP contribution in [0.4, 0.5) is 0 Å². The summed E-state index contributed by atoms with van der Waals surface area (Å²) in [5, 5.41) is 0. The van der Waals surface area contributed by atoms with Gasteiger partial charge in [0.15, 0.2) is 0 Å². The zero-order chi connectivity index (χ0) is 17.0. The number of hydrogen-bond donors (Lipinski definition) is 1. The number of nitrogens with one attached hydrogen (secondary N) is 1. The fourth-order valence-electron chi connectivity index (χ4n) is 2.61. The molecule has 128 valence electrons. The highest BCUT2D eigenvalue weighted by atomic mass is 32.2. The van der Waals surface area contributed by atoms with E-state index >= 15 is 0 Å². The first kappa shape index (κ1) is 17.7. The molecule has 0 aliphatic carbocycles. The maximum Gasteiger partial charge on any atom is 0.241 e. The van der Waals surface area contributed by atoms with Crippen LogP contribution in [-0.2, 0) is 14.8 Å². The molecule has 0 aromatic heterocycles. The first-order valence-electron chi connectivity index (χ1n) is 7.78. The number of rotatable bonds is 5. The second-order valence-corrected chi connectivity index (χ2v) is 7.74. The van der Waals surface area contributed by atoms with Gasteiger partial charge in [0.25, 0.3) is 0 Å². The highest BCUT2D eigenvalue weighted by Crippen LogP contribution is 2.18. The summed E-state index contributed by atoms with van der Waals surface area (Å²) in [6, 6.07) is 5.29. The normalized spacial score (nSPS) is 17.8. The largest absolute Gasteiger partial charge is 0.497 e. The number of amides is 1. The van der Waals surface area contributed by atoms with E-state index in [1.165, 1.54) is 19.2 Å². The van der Waals surface area contributed by atoms with Crippen molar-refractivity contribution >= 4 is 15.9 Å². The summed E-state index contributed by atoms with van der Waals surface area (Å²) in [6.45, 7) is 5.13. The highest BCUT2D eigenvalue weighted by molar-refractivity contribution is 7.89. The molecule has 1 saturated heterocycles. The van der Waals surface area contributed by atoms with Crippen LogP contribution in [0, 0.1) is 5.92 Å². The molecule has 1 amide bonds. The lowest BCUT2D eigenvalue weighted by Crippen LogP contribution is -2.49. The molecule has 0 unspecified atom stereocenters. The first-order valence-corrected chi connectivity index (χ1v) is 9.27. The molecule has 0 bridgehead atoms. The Hall–Kier alpha value is -1.60. The molecule has 0 saturated carbocycles. The Morgan fingerprint density at radius 3 is 2.35 bits per heavy atom. The van der Waals surface area contributed by atoms with E-state index in [4.69, 9.17) is 4.74 Å². The third kappa shape index (κ3) is 4.45. The van der Waals surface area contributed by atoms with Crippen LogP contribution in [0.1, 0.15) is 26.7 Å². The molecule has 1 aliphatic heterocycles. The highest BCUT2D eigenvalue weighted by Gasteiger charge is 2.27. The number of piperidine rings is 1. The molecular weight excluding hydrogens is 316 g/mol. The number of ether oxygens (including phenoxy) is 1. The number of sulfonamides is 1. The van der Waals surface area contributed by atoms with Crippen molar-refractivity contribution in [2.24, 2.45) is 5.92 Å². The lowest BCUT2D eigenvalue weighted by atomic mass is 9.99. The second-order valence-electron chi connectivity index (χ2n) is 6.03. The van der Waals surface area contributed by atoms with Gasteiger partial charge in [-0.1, -0.05) is 6.92 Å². The summed E-state index contributed by atoms with van der Waals surface area (Å²) in [4.78, 5) is 14.2. The Bertz CT molecular complexity index is 635. The summed E-state index contributed by atoms with van der Waals surface area (Å²) in [6.07, 6.45) is 1.92. The minimum absolute atomic E-state index is 0.116. The summed E-state index contributed by atoms with van der Waals surface area (Å²) < 4.78 is 32.2. The topological polar surface area (TPSA) is 75.7 Å². The van der Waals surface area contributed by atoms with E-state index in [2.05, 4.69) is 11.6 Å². The van der Waals surface area contributed by atoms with Gasteiger partial charge in [0.2, 0.25) is 15.9 Å². The van der Waals surface area contributed by atoms with Crippen LogP contribution in [0.25, 0.3) is 0 Å². The number of likely N-dealkylation sites (tertiary alicyclic amines) is 1. The summed E-state index contributed by atoms with van der Waals surface area (Å²) in [5.74, 6) is 1.02. The average molecular weight is 340 g/mol. The van der Waals surface area contributed by atoms with E-state index in [-0.39, 0.29) is 10.8 Å². The summed E-state index contributed by atoms with van der Waals surface area (Å²) in [5.41, 5.74) is 0. The lowest BCUT2D eigenvalue weighted by Gasteiger charge is -2.32. The summed E-state index contributed by atoms with van der Waals surface area (Å²) in [7, 11) is -2.22. The minimum Gasteiger partial charge on any atom is -0.497 e. The quantitative estimate of drug-likeness (QED) is 0.884. The zero-order valence-corrected chi connectivity index (χ0v) is 14.6. The number of carbonyl (C=O) groups is 1. The SMILES string of the molecule is COc1ccc(S(=O)(=O)N[C@@H](C)C(=O)N2CCC(C)CC2)cc1. The molecule has 0 radical (unpaired) electrons. The maximum absolute atomic E-state index is 12.4. The standard InChI is InChI=1S/C16H24N2O4S/c1-12-8-10-18(11-9-12)16(19)13(2)17-23(20,21)15-6-4-14(22-3)5-7-15/h4-7,12-13,17H,8-11H2,1-3H3/t13-/m0/s1. The van der Waals surface area contributed by atoms with E-state index in [1.807, 2.05) is 0 Å². The number of benzene rings is 1. The van der Waals surface area contributed by atoms with Gasteiger partial charge in [-0.05, 0) is 49.9 Å². The third-order valence-corrected chi connectivity index (χ3v) is 5.72. The molecule has 0 spiro atoms. The molecule has 7 heteroatoms. The van der Waals surface area contributed by atoms with Crippen molar-refractivity contribution in [3.05, 3.63) is 24.3 Å².